The molecule has 1 aromatic carbocycles. The molecule has 0 heterocycles. The molecule has 0 aromatic heterocycles. The van der Waals surface area contributed by atoms with Crippen molar-refractivity contribution in [3.05, 3.63) is 35.4 Å². The first-order valence-electron chi connectivity index (χ1n) is 8.08. The lowest BCUT2D eigenvalue weighted by Gasteiger charge is -2.29. The van der Waals surface area contributed by atoms with Crippen molar-refractivity contribution in [2.45, 2.75) is 38.6 Å². The van der Waals surface area contributed by atoms with Crippen molar-refractivity contribution in [3.8, 4) is 0 Å². The number of carbonyl (C=O) groups is 3. The molecule has 2 atom stereocenters. The molecule has 0 spiro atoms. The summed E-state index contributed by atoms with van der Waals surface area (Å²) in [4.78, 5) is 35.1. The summed E-state index contributed by atoms with van der Waals surface area (Å²) < 4.78 is 30.7. The maximum atomic E-state index is 13.0. The Balaban J connectivity index is 1.77. The van der Waals surface area contributed by atoms with E-state index in [1.165, 1.54) is 0 Å². The summed E-state index contributed by atoms with van der Waals surface area (Å²) in [6.07, 6.45) is 4.01. The van der Waals surface area contributed by atoms with Crippen LogP contribution in [0.3, 0.4) is 0 Å². The molecule has 1 fully saturated rings. The number of rotatable bonds is 4. The van der Waals surface area contributed by atoms with Crippen LogP contribution in [0.4, 0.5) is 13.6 Å². The lowest BCUT2D eigenvalue weighted by atomic mass is 9.86. The maximum Gasteiger partial charge on any atom is 0.338 e. The first-order chi connectivity index (χ1) is 11.8. The van der Waals surface area contributed by atoms with Crippen LogP contribution in [0.2, 0.25) is 0 Å². The average molecular weight is 354 g/mol. The molecule has 0 radical (unpaired) electrons. The van der Waals surface area contributed by atoms with Crippen LogP contribution < -0.4 is 10.6 Å². The zero-order valence-electron chi connectivity index (χ0n) is 13.8. The van der Waals surface area contributed by atoms with E-state index < -0.39 is 36.1 Å². The van der Waals surface area contributed by atoms with Gasteiger partial charge in [0.1, 0.15) is 11.6 Å². The van der Waals surface area contributed by atoms with E-state index in [0.29, 0.717) is 12.0 Å². The molecule has 3 amide bonds. The van der Waals surface area contributed by atoms with Crippen molar-refractivity contribution in [1.29, 1.82) is 0 Å². The van der Waals surface area contributed by atoms with Crippen LogP contribution in [-0.4, -0.2) is 30.6 Å². The van der Waals surface area contributed by atoms with Gasteiger partial charge in [-0.05, 0) is 30.9 Å². The Morgan fingerprint density at radius 1 is 1.12 bits per heavy atom. The van der Waals surface area contributed by atoms with Crippen LogP contribution in [0, 0.1) is 17.6 Å². The molecule has 8 heteroatoms. The standard InChI is InChI=1S/C17H20F2N2O4/c1-10-4-2-3-5-14(10)20-17(24)21-15(22)9-25-16(23)11-6-12(18)8-13(19)7-11/h6-8,10,14H,2-5,9H2,1H3,(H2,20,21,22,24)/t10-,14-/m1/s1. The minimum atomic E-state index is -1.06. The minimum absolute atomic E-state index is 0.000584. The van der Waals surface area contributed by atoms with Gasteiger partial charge < -0.3 is 10.1 Å². The van der Waals surface area contributed by atoms with Crippen LogP contribution in [0.5, 0.6) is 0 Å². The number of urea groups is 1. The minimum Gasteiger partial charge on any atom is -0.452 e. The molecule has 2 rings (SSSR count). The van der Waals surface area contributed by atoms with Gasteiger partial charge in [-0.1, -0.05) is 19.8 Å². The van der Waals surface area contributed by atoms with Gasteiger partial charge >= 0.3 is 12.0 Å². The fourth-order valence-corrected chi connectivity index (χ4v) is 2.78. The van der Waals surface area contributed by atoms with Crippen molar-refractivity contribution in [3.63, 3.8) is 0 Å². The third-order valence-corrected chi connectivity index (χ3v) is 4.11. The highest BCUT2D eigenvalue weighted by Crippen LogP contribution is 2.23. The van der Waals surface area contributed by atoms with Gasteiger partial charge in [-0.2, -0.15) is 0 Å². The van der Waals surface area contributed by atoms with E-state index >= 15 is 0 Å². The number of hydrogen-bond acceptors (Lipinski definition) is 4. The first-order valence-corrected chi connectivity index (χ1v) is 8.08. The van der Waals surface area contributed by atoms with Crippen LogP contribution in [0.15, 0.2) is 18.2 Å². The number of ether oxygens (including phenoxy) is 1. The topological polar surface area (TPSA) is 84.5 Å². The van der Waals surface area contributed by atoms with E-state index in [4.69, 9.17) is 0 Å². The van der Waals surface area contributed by atoms with Gasteiger partial charge in [0.15, 0.2) is 6.61 Å². The zero-order chi connectivity index (χ0) is 18.4. The molecule has 1 aromatic rings. The normalized spacial score (nSPS) is 19.8. The van der Waals surface area contributed by atoms with Crippen LogP contribution >= 0.6 is 0 Å². The summed E-state index contributed by atoms with van der Waals surface area (Å²) in [5.41, 5.74) is -0.356. The number of nitrogens with one attached hydrogen (secondary N) is 2. The van der Waals surface area contributed by atoms with Crippen molar-refractivity contribution in [2.24, 2.45) is 5.92 Å². The second-order valence-electron chi connectivity index (χ2n) is 6.12. The molecular formula is C17H20F2N2O4. The molecule has 136 valence electrons. The van der Waals surface area contributed by atoms with E-state index in [2.05, 4.69) is 15.4 Å². The number of benzene rings is 1. The van der Waals surface area contributed by atoms with E-state index in [1.54, 1.807) is 0 Å². The summed E-state index contributed by atoms with van der Waals surface area (Å²) in [7, 11) is 0. The average Bonchev–Trinajstić information content (AvgIpc) is 2.53. The van der Waals surface area contributed by atoms with Gasteiger partial charge in [0, 0.05) is 12.1 Å². The Labute approximate surface area is 143 Å². The SMILES string of the molecule is C[C@@H]1CCCC[C@H]1NC(=O)NC(=O)COC(=O)c1cc(F)cc(F)c1. The van der Waals surface area contributed by atoms with Gasteiger partial charge in [0.2, 0.25) is 0 Å². The molecule has 1 aliphatic carbocycles. The number of amides is 3. The van der Waals surface area contributed by atoms with Gasteiger partial charge in [-0.3, -0.25) is 10.1 Å². The quantitative estimate of drug-likeness (QED) is 0.814. The van der Waals surface area contributed by atoms with E-state index in [1.807, 2.05) is 6.92 Å². The Kier molecular flexibility index (Phi) is 6.44. The predicted molar refractivity (Wildman–Crippen MR) is 84.7 cm³/mol. The summed E-state index contributed by atoms with van der Waals surface area (Å²) >= 11 is 0. The number of hydrogen-bond donors (Lipinski definition) is 2. The summed E-state index contributed by atoms with van der Waals surface area (Å²) in [5.74, 6) is -3.42. The molecule has 0 aliphatic heterocycles. The largest absolute Gasteiger partial charge is 0.452 e. The highest BCUT2D eigenvalue weighted by Gasteiger charge is 2.23. The Hall–Kier alpha value is -2.51. The lowest BCUT2D eigenvalue weighted by Crippen LogP contribution is -2.48. The third-order valence-electron chi connectivity index (χ3n) is 4.11. The summed E-state index contributed by atoms with van der Waals surface area (Å²) in [6.45, 7) is 1.30. The highest BCUT2D eigenvalue weighted by atomic mass is 19.1. The van der Waals surface area contributed by atoms with Crippen LogP contribution in [0.1, 0.15) is 43.0 Å². The second kappa shape index (κ2) is 8.55. The number of esters is 1. The summed E-state index contributed by atoms with van der Waals surface area (Å²) in [5, 5.41) is 4.79. The third kappa shape index (κ3) is 5.81. The molecule has 25 heavy (non-hydrogen) atoms. The Morgan fingerprint density at radius 2 is 1.76 bits per heavy atom. The molecule has 2 N–H and O–H groups in total. The van der Waals surface area contributed by atoms with E-state index in [-0.39, 0.29) is 11.6 Å². The molecule has 1 saturated carbocycles. The number of carbonyl (C=O) groups excluding carboxylic acids is 3. The Bertz CT molecular complexity index is 646. The lowest BCUT2D eigenvalue weighted by molar-refractivity contribution is -0.123. The fourth-order valence-electron chi connectivity index (χ4n) is 2.78. The highest BCUT2D eigenvalue weighted by molar-refractivity contribution is 5.97. The van der Waals surface area contributed by atoms with Crippen LogP contribution in [0.25, 0.3) is 0 Å². The van der Waals surface area contributed by atoms with Gasteiger partial charge in [-0.25, -0.2) is 18.4 Å². The van der Waals surface area contributed by atoms with Crippen LogP contribution in [-0.2, 0) is 9.53 Å². The smallest absolute Gasteiger partial charge is 0.338 e. The van der Waals surface area contributed by atoms with Gasteiger partial charge in [0.05, 0.1) is 5.56 Å². The Morgan fingerprint density at radius 3 is 2.40 bits per heavy atom. The van der Waals surface area contributed by atoms with Crippen molar-refractivity contribution in [2.75, 3.05) is 6.61 Å². The van der Waals surface area contributed by atoms with E-state index in [9.17, 15) is 23.2 Å². The second-order valence-corrected chi connectivity index (χ2v) is 6.12. The summed E-state index contributed by atoms with van der Waals surface area (Å²) in [6, 6.07) is 1.54. The predicted octanol–water partition coefficient (Wildman–Crippen LogP) is 2.53. The monoisotopic (exact) mass is 354 g/mol. The molecule has 1 aliphatic rings. The van der Waals surface area contributed by atoms with Gasteiger partial charge in [-0.15, -0.1) is 0 Å². The number of halogens is 2. The first kappa shape index (κ1) is 18.8. The maximum absolute atomic E-state index is 13.0. The zero-order valence-corrected chi connectivity index (χ0v) is 13.8. The van der Waals surface area contributed by atoms with Crippen molar-refractivity contribution >= 4 is 17.9 Å². The van der Waals surface area contributed by atoms with Gasteiger partial charge in [0.25, 0.3) is 5.91 Å². The molecule has 6 nitrogen and oxygen atoms in total. The number of imide groups is 1. The molecular weight excluding hydrogens is 334 g/mol. The van der Waals surface area contributed by atoms with Crippen molar-refractivity contribution in [1.82, 2.24) is 10.6 Å². The molecule has 0 unspecified atom stereocenters. The fraction of sp³-hybridized carbons (Fsp3) is 0.471. The van der Waals surface area contributed by atoms with E-state index in [0.717, 1.165) is 37.8 Å². The molecule has 0 saturated heterocycles. The molecule has 0 bridgehead atoms. The van der Waals surface area contributed by atoms with Crippen molar-refractivity contribution < 1.29 is 27.9 Å².